The van der Waals surface area contributed by atoms with Crippen molar-refractivity contribution < 1.29 is 0 Å². The van der Waals surface area contributed by atoms with Gasteiger partial charge in [-0.1, -0.05) is 19.9 Å². The molecule has 0 aliphatic rings. The average Bonchev–Trinajstić information content (AvgIpc) is 2.99. The lowest BCUT2D eigenvalue weighted by Gasteiger charge is -2.21. The molecule has 1 N–H and O–H groups in total. The van der Waals surface area contributed by atoms with Gasteiger partial charge in [0, 0.05) is 11.1 Å². The molecule has 0 radical (unpaired) electrons. The Labute approximate surface area is 120 Å². The van der Waals surface area contributed by atoms with Gasteiger partial charge in [-0.2, -0.15) is 0 Å². The van der Waals surface area contributed by atoms with Gasteiger partial charge >= 0.3 is 0 Å². The van der Waals surface area contributed by atoms with Crippen molar-refractivity contribution in [3.05, 3.63) is 45.5 Å². The highest BCUT2D eigenvalue weighted by molar-refractivity contribution is 7.71. The number of H-pyrrole nitrogens is 1. The number of aromatic amines is 1. The highest BCUT2D eigenvalue weighted by Gasteiger charge is 2.22. The predicted octanol–water partition coefficient (Wildman–Crippen LogP) is 4.40. The van der Waals surface area contributed by atoms with Crippen molar-refractivity contribution in [3.8, 4) is 0 Å². The first kappa shape index (κ1) is 12.6. The molecule has 0 aliphatic heterocycles. The summed E-state index contributed by atoms with van der Waals surface area (Å²) in [5.74, 6) is 0.450. The van der Waals surface area contributed by atoms with Crippen LogP contribution in [0.5, 0.6) is 0 Å². The minimum absolute atomic E-state index is 0.233. The number of imidazole rings is 1. The number of thiophene rings is 1. The molecule has 0 bridgehead atoms. The number of pyridine rings is 1. The Balaban J connectivity index is 2.27. The summed E-state index contributed by atoms with van der Waals surface area (Å²) in [5.41, 5.74) is 1.93. The van der Waals surface area contributed by atoms with Gasteiger partial charge in [-0.05, 0) is 41.7 Å². The third kappa shape index (κ3) is 2.13. The van der Waals surface area contributed by atoms with Gasteiger partial charge in [0.1, 0.15) is 0 Å². The van der Waals surface area contributed by atoms with E-state index in [2.05, 4.69) is 45.9 Å². The molecule has 98 valence electrons. The summed E-state index contributed by atoms with van der Waals surface area (Å²) in [6.07, 6.45) is 1.81. The van der Waals surface area contributed by atoms with E-state index in [9.17, 15) is 0 Å². The van der Waals surface area contributed by atoms with E-state index in [1.165, 1.54) is 4.88 Å². The Morgan fingerprint density at radius 3 is 2.84 bits per heavy atom. The van der Waals surface area contributed by atoms with E-state index in [-0.39, 0.29) is 6.04 Å². The number of aromatic nitrogens is 3. The fraction of sp³-hybridized carbons (Fsp3) is 0.286. The number of fused-ring (bicyclic) bond motifs is 1. The molecule has 0 spiro atoms. The Kier molecular flexibility index (Phi) is 3.24. The molecule has 3 aromatic heterocycles. The standard InChI is InChI=1S/C14H15N3S2/c1-9(2)12(11-6-4-8-19-11)17-13-10(16-14(17)18)5-3-7-15-13/h3-9,12H,1-2H3,(H,16,18). The summed E-state index contributed by atoms with van der Waals surface area (Å²) < 4.78 is 2.88. The van der Waals surface area contributed by atoms with Gasteiger partial charge in [0.2, 0.25) is 0 Å². The summed E-state index contributed by atoms with van der Waals surface area (Å²) in [6.45, 7) is 4.43. The topological polar surface area (TPSA) is 33.6 Å². The lowest BCUT2D eigenvalue weighted by atomic mass is 10.0. The number of nitrogens with one attached hydrogen (secondary N) is 1. The molecule has 3 nitrogen and oxygen atoms in total. The van der Waals surface area contributed by atoms with Crippen molar-refractivity contribution in [1.29, 1.82) is 0 Å². The average molecular weight is 289 g/mol. The predicted molar refractivity (Wildman–Crippen MR) is 82.2 cm³/mol. The first-order valence-electron chi connectivity index (χ1n) is 6.27. The van der Waals surface area contributed by atoms with E-state index in [1.807, 2.05) is 18.3 Å². The van der Waals surface area contributed by atoms with Crippen LogP contribution in [0.2, 0.25) is 0 Å². The van der Waals surface area contributed by atoms with Gasteiger partial charge in [-0.25, -0.2) is 4.98 Å². The number of nitrogens with zero attached hydrogens (tertiary/aromatic N) is 2. The molecular formula is C14H15N3S2. The van der Waals surface area contributed by atoms with Crippen LogP contribution in [0.4, 0.5) is 0 Å². The largest absolute Gasteiger partial charge is 0.329 e. The molecule has 3 rings (SSSR count). The zero-order valence-electron chi connectivity index (χ0n) is 10.8. The Bertz CT molecular complexity index is 737. The molecular weight excluding hydrogens is 274 g/mol. The molecule has 0 aliphatic carbocycles. The second-order valence-electron chi connectivity index (χ2n) is 4.88. The van der Waals surface area contributed by atoms with E-state index in [4.69, 9.17) is 12.2 Å². The van der Waals surface area contributed by atoms with Gasteiger partial charge in [-0.3, -0.25) is 4.57 Å². The number of rotatable bonds is 3. The maximum Gasteiger partial charge on any atom is 0.179 e. The fourth-order valence-corrected chi connectivity index (χ4v) is 3.73. The third-order valence-corrected chi connectivity index (χ3v) is 4.46. The van der Waals surface area contributed by atoms with Crippen LogP contribution in [0.1, 0.15) is 24.8 Å². The maximum absolute atomic E-state index is 5.49. The van der Waals surface area contributed by atoms with Crippen LogP contribution in [0, 0.1) is 10.7 Å². The van der Waals surface area contributed by atoms with E-state index >= 15 is 0 Å². The molecule has 3 heterocycles. The van der Waals surface area contributed by atoms with Gasteiger partial charge in [0.15, 0.2) is 10.4 Å². The van der Waals surface area contributed by atoms with Crippen LogP contribution in [0.15, 0.2) is 35.8 Å². The first-order chi connectivity index (χ1) is 9.18. The lowest BCUT2D eigenvalue weighted by Crippen LogP contribution is -2.16. The van der Waals surface area contributed by atoms with E-state index in [1.54, 1.807) is 11.3 Å². The van der Waals surface area contributed by atoms with Crippen molar-refractivity contribution >= 4 is 34.7 Å². The first-order valence-corrected chi connectivity index (χ1v) is 7.56. The summed E-state index contributed by atoms with van der Waals surface area (Å²) in [6, 6.07) is 8.42. The molecule has 3 aromatic rings. The smallest absolute Gasteiger partial charge is 0.179 e. The highest BCUT2D eigenvalue weighted by Crippen LogP contribution is 2.32. The zero-order valence-corrected chi connectivity index (χ0v) is 12.5. The summed E-state index contributed by atoms with van der Waals surface area (Å²) >= 11 is 7.26. The van der Waals surface area contributed by atoms with E-state index < -0.39 is 0 Å². The molecule has 5 heteroatoms. The monoisotopic (exact) mass is 289 g/mol. The molecule has 1 atom stereocenters. The molecule has 19 heavy (non-hydrogen) atoms. The number of hydrogen-bond acceptors (Lipinski definition) is 3. The van der Waals surface area contributed by atoms with E-state index in [0.29, 0.717) is 5.92 Å². The minimum Gasteiger partial charge on any atom is -0.329 e. The third-order valence-electron chi connectivity index (χ3n) is 3.22. The summed E-state index contributed by atoms with van der Waals surface area (Å²) in [5, 5.41) is 2.11. The normalized spacial score (nSPS) is 13.2. The zero-order chi connectivity index (χ0) is 13.4. The summed E-state index contributed by atoms with van der Waals surface area (Å²) in [4.78, 5) is 9.05. The highest BCUT2D eigenvalue weighted by atomic mass is 32.1. The van der Waals surface area contributed by atoms with Crippen molar-refractivity contribution in [3.63, 3.8) is 0 Å². The van der Waals surface area contributed by atoms with Gasteiger partial charge in [0.05, 0.1) is 11.6 Å². The van der Waals surface area contributed by atoms with Gasteiger partial charge in [-0.15, -0.1) is 11.3 Å². The van der Waals surface area contributed by atoms with Crippen LogP contribution in [0.3, 0.4) is 0 Å². The molecule has 0 saturated heterocycles. The van der Waals surface area contributed by atoms with Gasteiger partial charge < -0.3 is 4.98 Å². The fourth-order valence-electron chi connectivity index (χ4n) is 2.43. The summed E-state index contributed by atoms with van der Waals surface area (Å²) in [7, 11) is 0. The second kappa shape index (κ2) is 4.90. The van der Waals surface area contributed by atoms with Crippen LogP contribution in [0.25, 0.3) is 11.2 Å². The van der Waals surface area contributed by atoms with Crippen LogP contribution in [-0.2, 0) is 0 Å². The Morgan fingerprint density at radius 1 is 1.32 bits per heavy atom. The minimum atomic E-state index is 0.233. The maximum atomic E-state index is 5.49. The Hall–Kier alpha value is -1.46. The molecule has 0 fully saturated rings. The van der Waals surface area contributed by atoms with E-state index in [0.717, 1.165) is 15.9 Å². The SMILES string of the molecule is CC(C)C(c1cccs1)n1c(=S)[nH]c2cccnc21. The van der Waals surface area contributed by atoms with Crippen molar-refractivity contribution in [2.24, 2.45) is 5.92 Å². The lowest BCUT2D eigenvalue weighted by molar-refractivity contribution is 0.447. The molecule has 0 amide bonds. The van der Waals surface area contributed by atoms with Crippen molar-refractivity contribution in [2.45, 2.75) is 19.9 Å². The van der Waals surface area contributed by atoms with Crippen LogP contribution in [-0.4, -0.2) is 14.5 Å². The van der Waals surface area contributed by atoms with Crippen LogP contribution < -0.4 is 0 Å². The van der Waals surface area contributed by atoms with Crippen molar-refractivity contribution in [2.75, 3.05) is 0 Å². The number of hydrogen-bond donors (Lipinski definition) is 1. The molecule has 0 saturated carbocycles. The molecule has 0 aromatic carbocycles. The second-order valence-corrected chi connectivity index (χ2v) is 6.24. The Morgan fingerprint density at radius 2 is 2.16 bits per heavy atom. The molecule has 1 unspecified atom stereocenters. The van der Waals surface area contributed by atoms with Gasteiger partial charge in [0.25, 0.3) is 0 Å². The van der Waals surface area contributed by atoms with Crippen molar-refractivity contribution in [1.82, 2.24) is 14.5 Å². The van der Waals surface area contributed by atoms with Crippen LogP contribution >= 0.6 is 23.6 Å². The quantitative estimate of drug-likeness (QED) is 0.725.